The zero-order chi connectivity index (χ0) is 17.3. The Bertz CT molecular complexity index is 707. The monoisotopic (exact) mass is 360 g/mol. The van der Waals surface area contributed by atoms with E-state index in [1.807, 2.05) is 0 Å². The minimum absolute atomic E-state index is 0.00539. The van der Waals surface area contributed by atoms with Crippen LogP contribution in [0.3, 0.4) is 0 Å². The van der Waals surface area contributed by atoms with Gasteiger partial charge in [0.05, 0.1) is 0 Å². The molecular formula is C15H18F2N2O4S. The average Bonchev–Trinajstić information content (AvgIpc) is 3.08. The number of carbonyl (C=O) groups is 1. The topological polar surface area (TPSA) is 66.9 Å². The number of carbonyl (C=O) groups excluding carboxylic acids is 1. The molecule has 0 N–H and O–H groups in total. The molecule has 3 rings (SSSR count). The molecule has 0 bridgehead atoms. The van der Waals surface area contributed by atoms with E-state index in [0.29, 0.717) is 13.0 Å². The first-order valence-electron chi connectivity index (χ1n) is 7.76. The second kappa shape index (κ2) is 6.73. The lowest BCUT2D eigenvalue weighted by molar-refractivity contribution is -0.142. The van der Waals surface area contributed by atoms with E-state index >= 15 is 0 Å². The Balaban J connectivity index is 1.71. The van der Waals surface area contributed by atoms with Crippen molar-refractivity contribution in [1.29, 1.82) is 0 Å². The van der Waals surface area contributed by atoms with Crippen LogP contribution >= 0.6 is 0 Å². The van der Waals surface area contributed by atoms with E-state index in [2.05, 4.69) is 0 Å². The van der Waals surface area contributed by atoms with Gasteiger partial charge in [0.15, 0.2) is 4.90 Å². The Morgan fingerprint density at radius 1 is 1.12 bits per heavy atom. The molecule has 0 saturated carbocycles. The number of halogens is 2. The number of sulfonamides is 1. The van der Waals surface area contributed by atoms with Crippen LogP contribution in [0, 0.1) is 11.6 Å². The van der Waals surface area contributed by atoms with Crippen LogP contribution in [0.2, 0.25) is 0 Å². The van der Waals surface area contributed by atoms with E-state index in [1.165, 1.54) is 0 Å². The third kappa shape index (κ3) is 3.15. The molecule has 9 heteroatoms. The predicted octanol–water partition coefficient (Wildman–Crippen LogP) is 0.977. The van der Waals surface area contributed by atoms with Gasteiger partial charge in [0.1, 0.15) is 17.7 Å². The smallest absolute Gasteiger partial charge is 0.251 e. The minimum atomic E-state index is -4.28. The Morgan fingerprint density at radius 3 is 2.29 bits per heavy atom. The van der Waals surface area contributed by atoms with Crippen molar-refractivity contribution in [3.63, 3.8) is 0 Å². The molecule has 6 nitrogen and oxygen atoms in total. The minimum Gasteiger partial charge on any atom is -0.368 e. The maximum Gasteiger partial charge on any atom is 0.251 e. The zero-order valence-electron chi connectivity index (χ0n) is 13.0. The summed E-state index contributed by atoms with van der Waals surface area (Å²) in [4.78, 5) is 12.8. The molecule has 132 valence electrons. The number of amides is 1. The van der Waals surface area contributed by atoms with Crippen molar-refractivity contribution < 1.29 is 26.7 Å². The van der Waals surface area contributed by atoms with Crippen LogP contribution in [0.25, 0.3) is 0 Å². The van der Waals surface area contributed by atoms with E-state index in [9.17, 15) is 22.0 Å². The summed E-state index contributed by atoms with van der Waals surface area (Å²) in [6.07, 6.45) is 1.03. The summed E-state index contributed by atoms with van der Waals surface area (Å²) >= 11 is 0. The number of nitrogens with zero attached hydrogens (tertiary/aromatic N) is 2. The van der Waals surface area contributed by atoms with Crippen molar-refractivity contribution in [2.24, 2.45) is 0 Å². The number of rotatable bonds is 3. The van der Waals surface area contributed by atoms with Gasteiger partial charge in [-0.05, 0) is 25.0 Å². The molecule has 0 unspecified atom stereocenters. The van der Waals surface area contributed by atoms with Crippen molar-refractivity contribution in [2.75, 3.05) is 32.8 Å². The molecule has 2 aliphatic rings. The van der Waals surface area contributed by atoms with Gasteiger partial charge in [-0.15, -0.1) is 0 Å². The van der Waals surface area contributed by atoms with Crippen molar-refractivity contribution in [2.45, 2.75) is 23.8 Å². The number of piperazine rings is 1. The lowest BCUT2D eigenvalue weighted by Crippen LogP contribution is -2.52. The fraction of sp³-hybridized carbons (Fsp3) is 0.533. The standard InChI is InChI=1S/C15H18F2N2O4S/c16-11-3-1-4-12(17)14(11)24(21,22)19-8-6-18(7-9-19)15(20)13-5-2-10-23-13/h1,3-4,13H,2,5-10H2/t13-/m0/s1. The molecular weight excluding hydrogens is 342 g/mol. The fourth-order valence-electron chi connectivity index (χ4n) is 2.98. The van der Waals surface area contributed by atoms with E-state index in [1.54, 1.807) is 4.90 Å². The molecule has 1 aromatic carbocycles. The molecule has 2 fully saturated rings. The molecule has 1 amide bonds. The fourth-order valence-corrected chi connectivity index (χ4v) is 4.51. The molecule has 2 saturated heterocycles. The number of benzene rings is 1. The maximum absolute atomic E-state index is 13.8. The molecule has 1 atom stereocenters. The van der Waals surface area contributed by atoms with Crippen molar-refractivity contribution in [3.8, 4) is 0 Å². The quantitative estimate of drug-likeness (QED) is 0.806. The lowest BCUT2D eigenvalue weighted by atomic mass is 10.2. The van der Waals surface area contributed by atoms with Gasteiger partial charge in [0.25, 0.3) is 5.91 Å². The third-order valence-corrected chi connectivity index (χ3v) is 6.22. The van der Waals surface area contributed by atoms with E-state index in [0.717, 1.165) is 28.9 Å². The largest absolute Gasteiger partial charge is 0.368 e. The van der Waals surface area contributed by atoms with Crippen LogP contribution in [0.15, 0.2) is 23.1 Å². The van der Waals surface area contributed by atoms with Crippen LogP contribution in [-0.4, -0.2) is 62.4 Å². The van der Waals surface area contributed by atoms with Crippen LogP contribution in [0.1, 0.15) is 12.8 Å². The van der Waals surface area contributed by atoms with Gasteiger partial charge in [0.2, 0.25) is 10.0 Å². The Hall–Kier alpha value is -1.58. The van der Waals surface area contributed by atoms with Crippen LogP contribution < -0.4 is 0 Å². The predicted molar refractivity (Wildman–Crippen MR) is 80.7 cm³/mol. The van der Waals surface area contributed by atoms with Gasteiger partial charge in [-0.1, -0.05) is 6.07 Å². The van der Waals surface area contributed by atoms with Gasteiger partial charge in [-0.2, -0.15) is 4.31 Å². The summed E-state index contributed by atoms with van der Waals surface area (Å²) in [5, 5.41) is 0. The van der Waals surface area contributed by atoms with Crippen molar-refractivity contribution >= 4 is 15.9 Å². The Labute approximate surface area is 139 Å². The van der Waals surface area contributed by atoms with Crippen molar-refractivity contribution in [3.05, 3.63) is 29.8 Å². The highest BCUT2D eigenvalue weighted by atomic mass is 32.2. The molecule has 24 heavy (non-hydrogen) atoms. The molecule has 0 radical (unpaired) electrons. The third-order valence-electron chi connectivity index (χ3n) is 4.27. The summed E-state index contributed by atoms with van der Waals surface area (Å²) in [6, 6.07) is 2.93. The Kier molecular flexibility index (Phi) is 4.84. The highest BCUT2D eigenvalue weighted by Crippen LogP contribution is 2.24. The first kappa shape index (κ1) is 17.2. The number of hydrogen-bond donors (Lipinski definition) is 0. The number of ether oxygens (including phenoxy) is 1. The maximum atomic E-state index is 13.8. The summed E-state index contributed by atoms with van der Waals surface area (Å²) in [7, 11) is -4.28. The highest BCUT2D eigenvalue weighted by Gasteiger charge is 2.36. The van der Waals surface area contributed by atoms with E-state index in [4.69, 9.17) is 4.74 Å². The highest BCUT2D eigenvalue weighted by molar-refractivity contribution is 7.89. The van der Waals surface area contributed by atoms with Gasteiger partial charge in [-0.3, -0.25) is 4.79 Å². The zero-order valence-corrected chi connectivity index (χ0v) is 13.8. The molecule has 2 heterocycles. The molecule has 0 aliphatic carbocycles. The summed E-state index contributed by atoms with van der Waals surface area (Å²) < 4.78 is 58.9. The van der Waals surface area contributed by atoms with Crippen LogP contribution in [-0.2, 0) is 19.6 Å². The SMILES string of the molecule is O=C([C@@H]1CCCO1)N1CCN(S(=O)(=O)c2c(F)cccc2F)CC1. The van der Waals surface area contributed by atoms with Gasteiger partial charge in [-0.25, -0.2) is 17.2 Å². The van der Waals surface area contributed by atoms with Crippen LogP contribution in [0.4, 0.5) is 8.78 Å². The normalized spacial score (nSPS) is 22.8. The summed E-state index contributed by atoms with van der Waals surface area (Å²) in [6.45, 7) is 0.891. The van der Waals surface area contributed by atoms with E-state index in [-0.39, 0.29) is 32.1 Å². The molecule has 0 spiro atoms. The summed E-state index contributed by atoms with van der Waals surface area (Å²) in [5.74, 6) is -2.39. The lowest BCUT2D eigenvalue weighted by Gasteiger charge is -2.35. The van der Waals surface area contributed by atoms with Crippen LogP contribution in [0.5, 0.6) is 0 Å². The molecule has 1 aromatic rings. The average molecular weight is 360 g/mol. The van der Waals surface area contributed by atoms with E-state index < -0.39 is 32.7 Å². The van der Waals surface area contributed by atoms with Gasteiger partial charge >= 0.3 is 0 Å². The molecule has 0 aromatic heterocycles. The summed E-state index contributed by atoms with van der Waals surface area (Å²) in [5.41, 5.74) is 0. The second-order valence-corrected chi connectivity index (χ2v) is 7.66. The number of hydrogen-bond acceptors (Lipinski definition) is 4. The first-order chi connectivity index (χ1) is 11.4. The second-order valence-electron chi connectivity index (χ2n) is 5.78. The Morgan fingerprint density at radius 2 is 1.75 bits per heavy atom. The molecule has 2 aliphatic heterocycles. The van der Waals surface area contributed by atoms with Crippen molar-refractivity contribution in [1.82, 2.24) is 9.21 Å². The van der Waals surface area contributed by atoms with Gasteiger partial charge in [0, 0.05) is 32.8 Å². The van der Waals surface area contributed by atoms with Gasteiger partial charge < -0.3 is 9.64 Å². The first-order valence-corrected chi connectivity index (χ1v) is 9.20.